The molecule has 0 radical (unpaired) electrons. The molecule has 1 rings (SSSR count). The highest BCUT2D eigenvalue weighted by Crippen LogP contribution is 2.29. The van der Waals surface area contributed by atoms with E-state index in [0.29, 0.717) is 0 Å². The Labute approximate surface area is 84.6 Å². The summed E-state index contributed by atoms with van der Waals surface area (Å²) < 4.78 is 0. The van der Waals surface area contributed by atoms with Crippen LogP contribution < -0.4 is 0 Å². The third-order valence-electron chi connectivity index (χ3n) is 2.81. The Morgan fingerprint density at radius 3 is 2.29 bits per heavy atom. The number of carbonyl (C=O) groups is 1. The summed E-state index contributed by atoms with van der Waals surface area (Å²) in [4.78, 5) is 11.2. The Kier molecular flexibility index (Phi) is 3.06. The van der Waals surface area contributed by atoms with E-state index < -0.39 is 5.60 Å². The van der Waals surface area contributed by atoms with Crippen LogP contribution in [0.4, 0.5) is 0 Å². The van der Waals surface area contributed by atoms with Crippen molar-refractivity contribution in [2.75, 3.05) is 0 Å². The Bertz CT molecular complexity index is 314. The maximum Gasteiger partial charge on any atom is 0.135 e. The highest BCUT2D eigenvalue weighted by atomic mass is 16.3. The first-order chi connectivity index (χ1) is 6.46. The lowest BCUT2D eigenvalue weighted by Gasteiger charge is -2.29. The molecule has 0 amide bonds. The van der Waals surface area contributed by atoms with Gasteiger partial charge in [-0.05, 0) is 19.4 Å². The number of Topliss-reactive ketones (excluding diaryl/α,β-unsaturated/α-hetero) is 1. The van der Waals surface area contributed by atoms with Crippen LogP contribution in [-0.4, -0.2) is 10.9 Å². The first kappa shape index (κ1) is 10.9. The van der Waals surface area contributed by atoms with Crippen LogP contribution >= 0.6 is 0 Å². The molecule has 0 aliphatic heterocycles. The minimum Gasteiger partial charge on any atom is -0.385 e. The molecule has 2 atom stereocenters. The quantitative estimate of drug-likeness (QED) is 0.796. The van der Waals surface area contributed by atoms with Gasteiger partial charge in [-0.1, -0.05) is 37.3 Å². The number of aliphatic hydroxyl groups is 1. The number of carbonyl (C=O) groups excluding carboxylic acids is 1. The van der Waals surface area contributed by atoms with Crippen LogP contribution in [0.5, 0.6) is 0 Å². The van der Waals surface area contributed by atoms with Crippen molar-refractivity contribution in [2.24, 2.45) is 5.92 Å². The molecule has 0 bridgehead atoms. The van der Waals surface area contributed by atoms with Gasteiger partial charge in [0.25, 0.3) is 0 Å². The van der Waals surface area contributed by atoms with Crippen molar-refractivity contribution >= 4 is 5.78 Å². The van der Waals surface area contributed by atoms with E-state index in [2.05, 4.69) is 0 Å². The molecule has 0 aliphatic rings. The number of rotatable bonds is 3. The zero-order chi connectivity index (χ0) is 10.8. The molecule has 1 aromatic carbocycles. The topological polar surface area (TPSA) is 37.3 Å². The largest absolute Gasteiger partial charge is 0.385 e. The van der Waals surface area contributed by atoms with Crippen molar-refractivity contribution < 1.29 is 9.90 Å². The second-order valence-corrected chi connectivity index (χ2v) is 3.85. The SMILES string of the molecule is CC(=O)[C@@H](C)[C@@](C)(O)c1ccccc1. The van der Waals surface area contributed by atoms with Crippen LogP contribution in [0.1, 0.15) is 26.3 Å². The molecular formula is C12H16O2. The van der Waals surface area contributed by atoms with E-state index in [1.54, 1.807) is 13.8 Å². The van der Waals surface area contributed by atoms with Crippen molar-refractivity contribution in [1.82, 2.24) is 0 Å². The molecule has 14 heavy (non-hydrogen) atoms. The molecule has 0 saturated heterocycles. The summed E-state index contributed by atoms with van der Waals surface area (Å²) in [6.07, 6.45) is 0. The number of hydrogen-bond acceptors (Lipinski definition) is 2. The molecule has 0 unspecified atom stereocenters. The van der Waals surface area contributed by atoms with Crippen LogP contribution in [0, 0.1) is 5.92 Å². The molecule has 0 saturated carbocycles. The third-order valence-corrected chi connectivity index (χ3v) is 2.81. The van der Waals surface area contributed by atoms with Gasteiger partial charge in [0.2, 0.25) is 0 Å². The van der Waals surface area contributed by atoms with Crippen molar-refractivity contribution in [1.29, 1.82) is 0 Å². The monoisotopic (exact) mass is 192 g/mol. The van der Waals surface area contributed by atoms with E-state index in [9.17, 15) is 9.90 Å². The zero-order valence-corrected chi connectivity index (χ0v) is 8.82. The lowest BCUT2D eigenvalue weighted by Crippen LogP contribution is -2.34. The smallest absolute Gasteiger partial charge is 0.135 e. The van der Waals surface area contributed by atoms with Gasteiger partial charge in [0.05, 0.1) is 5.60 Å². The number of ketones is 1. The average Bonchev–Trinajstić information content (AvgIpc) is 2.18. The highest BCUT2D eigenvalue weighted by molar-refractivity contribution is 5.79. The van der Waals surface area contributed by atoms with Crippen LogP contribution in [0.3, 0.4) is 0 Å². The molecule has 1 aromatic rings. The maximum atomic E-state index is 11.2. The van der Waals surface area contributed by atoms with Crippen LogP contribution in [0.15, 0.2) is 30.3 Å². The molecule has 0 fully saturated rings. The van der Waals surface area contributed by atoms with E-state index in [4.69, 9.17) is 0 Å². The van der Waals surface area contributed by atoms with Gasteiger partial charge in [-0.25, -0.2) is 0 Å². The second-order valence-electron chi connectivity index (χ2n) is 3.85. The molecule has 0 aromatic heterocycles. The average molecular weight is 192 g/mol. The summed E-state index contributed by atoms with van der Waals surface area (Å²) in [5.74, 6) is -0.385. The Morgan fingerprint density at radius 2 is 1.86 bits per heavy atom. The van der Waals surface area contributed by atoms with E-state index in [1.165, 1.54) is 6.92 Å². The normalized spacial score (nSPS) is 17.1. The third kappa shape index (κ3) is 2.02. The predicted molar refractivity (Wildman–Crippen MR) is 55.9 cm³/mol. The van der Waals surface area contributed by atoms with Crippen molar-refractivity contribution in [3.63, 3.8) is 0 Å². The van der Waals surface area contributed by atoms with Gasteiger partial charge in [0.1, 0.15) is 5.78 Å². The number of benzene rings is 1. The molecule has 0 aliphatic carbocycles. The first-order valence-electron chi connectivity index (χ1n) is 4.74. The standard InChI is InChI=1S/C12H16O2/c1-9(10(2)13)12(3,14)11-7-5-4-6-8-11/h4-9,14H,1-3H3/t9-,12-/m1/s1. The van der Waals surface area contributed by atoms with Gasteiger partial charge in [-0.2, -0.15) is 0 Å². The molecule has 76 valence electrons. The van der Waals surface area contributed by atoms with E-state index in [-0.39, 0.29) is 11.7 Å². The molecule has 1 N–H and O–H groups in total. The summed E-state index contributed by atoms with van der Waals surface area (Å²) in [7, 11) is 0. The van der Waals surface area contributed by atoms with Crippen LogP contribution in [-0.2, 0) is 10.4 Å². The van der Waals surface area contributed by atoms with E-state index >= 15 is 0 Å². The lowest BCUT2D eigenvalue weighted by atomic mass is 9.82. The second kappa shape index (κ2) is 3.93. The Morgan fingerprint density at radius 1 is 1.36 bits per heavy atom. The first-order valence-corrected chi connectivity index (χ1v) is 4.74. The summed E-state index contributed by atoms with van der Waals surface area (Å²) in [6, 6.07) is 9.27. The molecule has 2 heteroatoms. The van der Waals surface area contributed by atoms with Gasteiger partial charge in [0, 0.05) is 5.92 Å². The van der Waals surface area contributed by atoms with E-state index in [0.717, 1.165) is 5.56 Å². The summed E-state index contributed by atoms with van der Waals surface area (Å²) in [5.41, 5.74) is -0.296. The van der Waals surface area contributed by atoms with Crippen molar-refractivity contribution in [3.8, 4) is 0 Å². The summed E-state index contributed by atoms with van der Waals surface area (Å²) >= 11 is 0. The Balaban J connectivity index is 3.02. The van der Waals surface area contributed by atoms with Crippen LogP contribution in [0.25, 0.3) is 0 Å². The molecular weight excluding hydrogens is 176 g/mol. The van der Waals surface area contributed by atoms with Crippen LogP contribution in [0.2, 0.25) is 0 Å². The van der Waals surface area contributed by atoms with Gasteiger partial charge in [-0.15, -0.1) is 0 Å². The maximum absolute atomic E-state index is 11.2. The summed E-state index contributed by atoms with van der Waals surface area (Å²) in [5, 5.41) is 10.2. The zero-order valence-electron chi connectivity index (χ0n) is 8.82. The van der Waals surface area contributed by atoms with Gasteiger partial charge in [0.15, 0.2) is 0 Å². The number of hydrogen-bond donors (Lipinski definition) is 1. The molecule has 2 nitrogen and oxygen atoms in total. The van der Waals surface area contributed by atoms with Crippen molar-refractivity contribution in [2.45, 2.75) is 26.4 Å². The van der Waals surface area contributed by atoms with Gasteiger partial charge >= 0.3 is 0 Å². The molecule has 0 heterocycles. The minimum atomic E-state index is -1.08. The lowest BCUT2D eigenvalue weighted by molar-refractivity contribution is -0.128. The fraction of sp³-hybridized carbons (Fsp3) is 0.417. The van der Waals surface area contributed by atoms with Gasteiger partial charge < -0.3 is 5.11 Å². The minimum absolute atomic E-state index is 0.00106. The van der Waals surface area contributed by atoms with E-state index in [1.807, 2.05) is 30.3 Å². The Hall–Kier alpha value is -1.15. The predicted octanol–water partition coefficient (Wildman–Crippen LogP) is 2.12. The fourth-order valence-corrected chi connectivity index (χ4v) is 1.42. The summed E-state index contributed by atoms with van der Waals surface area (Å²) in [6.45, 7) is 4.92. The molecule has 0 spiro atoms. The van der Waals surface area contributed by atoms with Gasteiger partial charge in [-0.3, -0.25) is 4.79 Å². The fourth-order valence-electron chi connectivity index (χ4n) is 1.42. The van der Waals surface area contributed by atoms with Crippen molar-refractivity contribution in [3.05, 3.63) is 35.9 Å². The highest BCUT2D eigenvalue weighted by Gasteiger charge is 2.32.